The number of aryl methyl sites for hydroxylation is 1. The van der Waals surface area contributed by atoms with E-state index in [9.17, 15) is 13.2 Å². The second-order valence-corrected chi connectivity index (χ2v) is 8.63. The molecule has 1 N–H and O–H groups in total. The molecule has 0 spiro atoms. The van der Waals surface area contributed by atoms with E-state index in [0.29, 0.717) is 11.4 Å². The van der Waals surface area contributed by atoms with Crippen LogP contribution in [0.25, 0.3) is 10.8 Å². The predicted molar refractivity (Wildman–Crippen MR) is 115 cm³/mol. The van der Waals surface area contributed by atoms with Gasteiger partial charge in [0.2, 0.25) is 15.9 Å². The second-order valence-electron chi connectivity index (χ2n) is 6.77. The van der Waals surface area contributed by atoms with Crippen LogP contribution in [0.4, 0.5) is 11.4 Å². The minimum atomic E-state index is -3.64. The molecule has 3 aromatic carbocycles. The first-order valence-corrected chi connectivity index (χ1v) is 11.0. The maximum Gasteiger partial charge on any atom is 0.248 e. The lowest BCUT2D eigenvalue weighted by molar-refractivity contribution is -0.116. The van der Waals surface area contributed by atoms with Crippen LogP contribution in [0.5, 0.6) is 0 Å². The summed E-state index contributed by atoms with van der Waals surface area (Å²) in [6.07, 6.45) is 1.97. The van der Waals surface area contributed by atoms with E-state index in [1.165, 1.54) is 0 Å². The van der Waals surface area contributed by atoms with Crippen LogP contribution in [0.3, 0.4) is 0 Å². The Morgan fingerprint density at radius 2 is 1.64 bits per heavy atom. The largest absolute Gasteiger partial charge is 0.324 e. The zero-order valence-corrected chi connectivity index (χ0v) is 17.0. The molecule has 3 aromatic rings. The third-order valence-electron chi connectivity index (χ3n) is 4.74. The van der Waals surface area contributed by atoms with Crippen molar-refractivity contribution in [1.82, 2.24) is 0 Å². The van der Waals surface area contributed by atoms with E-state index < -0.39 is 16.1 Å². The molecule has 0 fully saturated rings. The molecule has 0 bridgehead atoms. The van der Waals surface area contributed by atoms with Gasteiger partial charge in [-0.25, -0.2) is 8.42 Å². The van der Waals surface area contributed by atoms with Gasteiger partial charge in [0.25, 0.3) is 0 Å². The summed E-state index contributed by atoms with van der Waals surface area (Å²) in [4.78, 5) is 12.9. The highest BCUT2D eigenvalue weighted by Gasteiger charge is 2.29. The molecular formula is C22H24N2O3S. The fourth-order valence-electron chi connectivity index (χ4n) is 3.26. The zero-order valence-electron chi connectivity index (χ0n) is 16.2. The summed E-state index contributed by atoms with van der Waals surface area (Å²) in [6.45, 7) is 3.62. The smallest absolute Gasteiger partial charge is 0.248 e. The van der Waals surface area contributed by atoms with Crippen molar-refractivity contribution in [3.05, 3.63) is 72.3 Å². The quantitative estimate of drug-likeness (QED) is 0.679. The topological polar surface area (TPSA) is 66.5 Å². The molecule has 0 aliphatic carbocycles. The molecule has 146 valence electrons. The van der Waals surface area contributed by atoms with Gasteiger partial charge in [0.05, 0.1) is 11.9 Å². The van der Waals surface area contributed by atoms with Crippen LogP contribution in [0.2, 0.25) is 0 Å². The molecular weight excluding hydrogens is 372 g/mol. The summed E-state index contributed by atoms with van der Waals surface area (Å²) < 4.78 is 26.0. The Labute approximate surface area is 166 Å². The third-order valence-corrected chi connectivity index (χ3v) is 5.98. The average molecular weight is 397 g/mol. The third kappa shape index (κ3) is 4.17. The number of nitrogens with zero attached hydrogens (tertiary/aromatic N) is 1. The van der Waals surface area contributed by atoms with E-state index in [-0.39, 0.29) is 5.91 Å². The van der Waals surface area contributed by atoms with Crippen LogP contribution in [-0.2, 0) is 21.2 Å². The molecule has 3 rings (SSSR count). The summed E-state index contributed by atoms with van der Waals surface area (Å²) in [5.74, 6) is -0.388. The Morgan fingerprint density at radius 3 is 2.29 bits per heavy atom. The average Bonchev–Trinajstić information content (AvgIpc) is 2.68. The van der Waals surface area contributed by atoms with E-state index in [1.54, 1.807) is 19.1 Å². The van der Waals surface area contributed by atoms with Gasteiger partial charge in [-0.15, -0.1) is 0 Å². The van der Waals surface area contributed by atoms with Crippen molar-refractivity contribution < 1.29 is 13.2 Å². The lowest BCUT2D eigenvalue weighted by Gasteiger charge is -2.28. The van der Waals surface area contributed by atoms with Crippen molar-refractivity contribution in [2.75, 3.05) is 15.9 Å². The Balaban J connectivity index is 1.91. The summed E-state index contributed by atoms with van der Waals surface area (Å²) >= 11 is 0. The predicted octanol–water partition coefficient (Wildman–Crippen LogP) is 4.20. The van der Waals surface area contributed by atoms with Crippen LogP contribution >= 0.6 is 0 Å². The van der Waals surface area contributed by atoms with Gasteiger partial charge < -0.3 is 5.32 Å². The number of nitrogens with one attached hydrogen (secondary N) is 1. The van der Waals surface area contributed by atoms with E-state index in [0.717, 1.165) is 33.3 Å². The molecule has 1 atom stereocenters. The van der Waals surface area contributed by atoms with Gasteiger partial charge in [-0.05, 0) is 42.5 Å². The number of benzene rings is 3. The van der Waals surface area contributed by atoms with Crippen molar-refractivity contribution in [3.63, 3.8) is 0 Å². The molecule has 1 unspecified atom stereocenters. The minimum absolute atomic E-state index is 0.388. The molecule has 5 nitrogen and oxygen atoms in total. The van der Waals surface area contributed by atoms with Gasteiger partial charge in [-0.3, -0.25) is 9.10 Å². The molecule has 0 heterocycles. The zero-order chi connectivity index (χ0) is 20.3. The Hall–Kier alpha value is -2.86. The number of sulfonamides is 1. The highest BCUT2D eigenvalue weighted by Crippen LogP contribution is 2.25. The fourth-order valence-corrected chi connectivity index (χ4v) is 4.43. The van der Waals surface area contributed by atoms with E-state index >= 15 is 0 Å². The summed E-state index contributed by atoms with van der Waals surface area (Å²) in [5, 5.41) is 4.79. The van der Waals surface area contributed by atoms with Crippen molar-refractivity contribution in [2.24, 2.45) is 0 Å². The van der Waals surface area contributed by atoms with Gasteiger partial charge in [0, 0.05) is 11.1 Å². The van der Waals surface area contributed by atoms with Crippen molar-refractivity contribution in [1.29, 1.82) is 0 Å². The van der Waals surface area contributed by atoms with Gasteiger partial charge in [0.1, 0.15) is 6.04 Å². The fraction of sp³-hybridized carbons (Fsp3) is 0.227. The van der Waals surface area contributed by atoms with Crippen LogP contribution < -0.4 is 9.62 Å². The Morgan fingerprint density at radius 1 is 1.00 bits per heavy atom. The molecule has 0 saturated heterocycles. The molecule has 0 aliphatic rings. The SMILES string of the molecule is CCc1ccc(N(C(C)C(=O)Nc2cccc3ccccc23)S(C)(=O)=O)cc1. The molecule has 0 radical (unpaired) electrons. The molecule has 0 saturated carbocycles. The van der Waals surface area contributed by atoms with Crippen molar-refractivity contribution in [3.8, 4) is 0 Å². The van der Waals surface area contributed by atoms with Crippen molar-refractivity contribution in [2.45, 2.75) is 26.3 Å². The maximum absolute atomic E-state index is 12.9. The molecule has 28 heavy (non-hydrogen) atoms. The molecule has 0 aliphatic heterocycles. The number of amides is 1. The molecule has 1 amide bonds. The summed E-state index contributed by atoms with van der Waals surface area (Å²) in [6, 6.07) is 19.7. The molecule has 0 aromatic heterocycles. The van der Waals surface area contributed by atoms with Gasteiger partial charge in [-0.2, -0.15) is 0 Å². The first kappa shape index (κ1) is 19.9. The lowest BCUT2D eigenvalue weighted by atomic mass is 10.1. The number of fused-ring (bicyclic) bond motifs is 1. The first-order chi connectivity index (χ1) is 13.3. The Kier molecular flexibility index (Phi) is 5.70. The number of anilines is 2. The van der Waals surface area contributed by atoms with Gasteiger partial charge >= 0.3 is 0 Å². The standard InChI is InChI=1S/C22H24N2O3S/c1-4-17-12-14-19(15-13-17)24(28(3,26)27)16(2)22(25)23-21-11-7-9-18-8-5-6-10-20(18)21/h5-16H,4H2,1-3H3,(H,23,25). The van der Waals surface area contributed by atoms with E-state index in [2.05, 4.69) is 5.32 Å². The van der Waals surface area contributed by atoms with Crippen LogP contribution in [0.1, 0.15) is 19.4 Å². The summed E-state index contributed by atoms with van der Waals surface area (Å²) in [7, 11) is -3.64. The highest BCUT2D eigenvalue weighted by atomic mass is 32.2. The number of hydrogen-bond donors (Lipinski definition) is 1. The Bertz CT molecular complexity index is 1090. The van der Waals surface area contributed by atoms with Crippen LogP contribution in [0.15, 0.2) is 66.7 Å². The van der Waals surface area contributed by atoms with E-state index in [4.69, 9.17) is 0 Å². The monoisotopic (exact) mass is 396 g/mol. The molecule has 6 heteroatoms. The number of hydrogen-bond acceptors (Lipinski definition) is 3. The number of carbonyl (C=O) groups is 1. The highest BCUT2D eigenvalue weighted by molar-refractivity contribution is 7.92. The van der Waals surface area contributed by atoms with Crippen molar-refractivity contribution >= 4 is 38.1 Å². The maximum atomic E-state index is 12.9. The first-order valence-electron chi connectivity index (χ1n) is 9.18. The van der Waals surface area contributed by atoms with Gasteiger partial charge in [-0.1, -0.05) is 55.5 Å². The second kappa shape index (κ2) is 8.02. The lowest BCUT2D eigenvalue weighted by Crippen LogP contribution is -2.45. The van der Waals surface area contributed by atoms with Gasteiger partial charge in [0.15, 0.2) is 0 Å². The van der Waals surface area contributed by atoms with Crippen LogP contribution in [-0.4, -0.2) is 26.6 Å². The number of rotatable bonds is 6. The van der Waals surface area contributed by atoms with Crippen LogP contribution in [0, 0.1) is 0 Å². The number of carbonyl (C=O) groups excluding carboxylic acids is 1. The normalized spacial score (nSPS) is 12.5. The van der Waals surface area contributed by atoms with E-state index in [1.807, 2.05) is 61.5 Å². The minimum Gasteiger partial charge on any atom is -0.324 e. The summed E-state index contributed by atoms with van der Waals surface area (Å²) in [5.41, 5.74) is 2.23.